The highest BCUT2D eigenvalue weighted by Gasteiger charge is 2.16. The molecule has 0 aliphatic rings. The minimum atomic E-state index is -4.11. The lowest BCUT2D eigenvalue weighted by molar-refractivity contribution is 0.309. The van der Waals surface area contributed by atoms with Gasteiger partial charge in [0, 0.05) is 5.75 Å². The van der Waals surface area contributed by atoms with Crippen LogP contribution in [0.3, 0.4) is 0 Å². The van der Waals surface area contributed by atoms with E-state index in [0.29, 0.717) is 0 Å². The minimum Gasteiger partial charge on any atom is -0.492 e. The second-order valence-corrected chi connectivity index (χ2v) is 8.08. The number of sulfone groups is 1. The molecule has 0 saturated carbocycles. The Labute approximate surface area is 117 Å². The van der Waals surface area contributed by atoms with Gasteiger partial charge in [0.25, 0.3) is 0 Å². The van der Waals surface area contributed by atoms with Gasteiger partial charge in [-0.1, -0.05) is 6.92 Å². The van der Waals surface area contributed by atoms with E-state index in [0.717, 1.165) is 18.2 Å². The maximum atomic E-state index is 13.0. The predicted octanol–water partition coefficient (Wildman–Crippen LogP) is 0.677. The molecule has 0 heterocycles. The Bertz CT molecular complexity index is 670. The Hall–Kier alpha value is -1.19. The lowest BCUT2D eigenvalue weighted by Gasteiger charge is -2.10. The monoisotopic (exact) mass is 325 g/mol. The summed E-state index contributed by atoms with van der Waals surface area (Å²) in [6, 6.07) is 2.93. The number of hydrogen-bond donors (Lipinski definition) is 1. The first-order chi connectivity index (χ1) is 9.15. The average molecular weight is 325 g/mol. The number of benzene rings is 1. The molecule has 114 valence electrons. The van der Waals surface area contributed by atoms with Gasteiger partial charge in [0.1, 0.15) is 26.3 Å². The Balaban J connectivity index is 2.75. The molecule has 0 amide bonds. The van der Waals surface area contributed by atoms with Gasteiger partial charge in [-0.05, 0) is 24.6 Å². The summed E-state index contributed by atoms with van der Waals surface area (Å²) in [6.07, 6.45) is 0.206. The second kappa shape index (κ2) is 6.51. The third-order valence-electron chi connectivity index (χ3n) is 2.51. The quantitative estimate of drug-likeness (QED) is 0.742. The molecule has 1 aromatic rings. The van der Waals surface area contributed by atoms with E-state index < -0.39 is 30.6 Å². The van der Waals surface area contributed by atoms with Gasteiger partial charge in [-0.3, -0.25) is 0 Å². The molecule has 0 bridgehead atoms. The third-order valence-corrected chi connectivity index (χ3v) is 5.23. The van der Waals surface area contributed by atoms with Gasteiger partial charge in [0.15, 0.2) is 0 Å². The van der Waals surface area contributed by atoms with Crippen LogP contribution in [-0.4, -0.2) is 34.9 Å². The van der Waals surface area contributed by atoms with E-state index in [9.17, 15) is 21.2 Å². The number of halogens is 1. The van der Waals surface area contributed by atoms with Gasteiger partial charge in [-0.15, -0.1) is 0 Å². The molecule has 20 heavy (non-hydrogen) atoms. The van der Waals surface area contributed by atoms with E-state index >= 15 is 0 Å². The van der Waals surface area contributed by atoms with Crippen molar-refractivity contribution in [2.45, 2.75) is 18.2 Å². The zero-order valence-electron chi connectivity index (χ0n) is 10.9. The van der Waals surface area contributed by atoms with E-state index in [1.165, 1.54) is 6.92 Å². The molecule has 0 spiro atoms. The van der Waals surface area contributed by atoms with Crippen LogP contribution in [0, 0.1) is 5.82 Å². The van der Waals surface area contributed by atoms with Crippen LogP contribution in [0.25, 0.3) is 0 Å². The standard InChI is InChI=1S/C11H16FNO5S2/c1-2-19(14,15)7-3-6-18-10-5-4-9(12)8-11(10)20(13,16)17/h4-5,8H,2-3,6-7H2,1H3,(H2,13,16,17). The number of hydrogen-bond acceptors (Lipinski definition) is 5. The van der Waals surface area contributed by atoms with Crippen molar-refractivity contribution < 1.29 is 26.0 Å². The number of nitrogens with two attached hydrogens (primary N) is 1. The SMILES string of the molecule is CCS(=O)(=O)CCCOc1ccc(F)cc1S(N)(=O)=O. The second-order valence-electron chi connectivity index (χ2n) is 4.07. The van der Waals surface area contributed by atoms with Crippen molar-refractivity contribution in [1.82, 2.24) is 0 Å². The van der Waals surface area contributed by atoms with E-state index in [2.05, 4.69) is 0 Å². The van der Waals surface area contributed by atoms with Crippen molar-refractivity contribution in [3.63, 3.8) is 0 Å². The molecule has 0 aromatic heterocycles. The predicted molar refractivity (Wildman–Crippen MR) is 72.2 cm³/mol. The summed E-state index contributed by atoms with van der Waals surface area (Å²) in [5.74, 6) is -0.876. The number of rotatable bonds is 7. The molecule has 0 atom stereocenters. The molecule has 0 radical (unpaired) electrons. The van der Waals surface area contributed by atoms with Crippen LogP contribution in [0.15, 0.2) is 23.1 Å². The summed E-state index contributed by atoms with van der Waals surface area (Å²) in [6.45, 7) is 1.53. The average Bonchev–Trinajstić information content (AvgIpc) is 2.35. The van der Waals surface area contributed by atoms with Crippen LogP contribution in [0.1, 0.15) is 13.3 Å². The van der Waals surface area contributed by atoms with Crippen molar-refractivity contribution in [2.75, 3.05) is 18.1 Å². The van der Waals surface area contributed by atoms with Gasteiger partial charge in [-0.25, -0.2) is 26.4 Å². The molecule has 0 unspecified atom stereocenters. The maximum Gasteiger partial charge on any atom is 0.241 e. The fourth-order valence-corrected chi connectivity index (χ4v) is 2.96. The number of primary sulfonamides is 1. The molecule has 2 N–H and O–H groups in total. The summed E-state index contributed by atoms with van der Waals surface area (Å²) in [5.41, 5.74) is 0. The fourth-order valence-electron chi connectivity index (χ4n) is 1.43. The summed E-state index contributed by atoms with van der Waals surface area (Å²) in [7, 11) is -7.21. The topological polar surface area (TPSA) is 104 Å². The molecule has 0 saturated heterocycles. The molecule has 9 heteroatoms. The van der Waals surface area contributed by atoms with E-state index in [-0.39, 0.29) is 30.3 Å². The summed E-state index contributed by atoms with van der Waals surface area (Å²) >= 11 is 0. The zero-order valence-corrected chi connectivity index (χ0v) is 12.5. The molecule has 0 aliphatic heterocycles. The molecule has 1 aromatic carbocycles. The van der Waals surface area contributed by atoms with Crippen molar-refractivity contribution >= 4 is 19.9 Å². The smallest absolute Gasteiger partial charge is 0.241 e. The lowest BCUT2D eigenvalue weighted by Crippen LogP contribution is -2.16. The lowest BCUT2D eigenvalue weighted by atomic mass is 10.3. The van der Waals surface area contributed by atoms with Gasteiger partial charge in [-0.2, -0.15) is 0 Å². The van der Waals surface area contributed by atoms with Crippen LogP contribution in [0.4, 0.5) is 4.39 Å². The van der Waals surface area contributed by atoms with Crippen LogP contribution >= 0.6 is 0 Å². The Morgan fingerprint density at radius 1 is 1.25 bits per heavy atom. The summed E-state index contributed by atoms with van der Waals surface area (Å²) in [4.78, 5) is -0.462. The normalized spacial score (nSPS) is 12.3. The molecular formula is C11H16FNO5S2. The maximum absolute atomic E-state index is 13.0. The molecule has 6 nitrogen and oxygen atoms in total. The largest absolute Gasteiger partial charge is 0.492 e. The van der Waals surface area contributed by atoms with Gasteiger partial charge >= 0.3 is 0 Å². The van der Waals surface area contributed by atoms with E-state index in [1.807, 2.05) is 0 Å². The number of ether oxygens (including phenoxy) is 1. The summed E-state index contributed by atoms with van der Waals surface area (Å²) in [5, 5.41) is 4.95. The van der Waals surface area contributed by atoms with E-state index in [4.69, 9.17) is 9.88 Å². The number of sulfonamides is 1. The first-order valence-electron chi connectivity index (χ1n) is 5.81. The molecule has 0 fully saturated rings. The van der Waals surface area contributed by atoms with Gasteiger partial charge in [0.2, 0.25) is 10.0 Å². The van der Waals surface area contributed by atoms with Crippen molar-refractivity contribution in [2.24, 2.45) is 5.14 Å². The Kier molecular flexibility index (Phi) is 5.49. The Morgan fingerprint density at radius 3 is 2.45 bits per heavy atom. The van der Waals surface area contributed by atoms with Gasteiger partial charge in [0.05, 0.1) is 12.4 Å². The van der Waals surface area contributed by atoms with Crippen molar-refractivity contribution in [3.8, 4) is 5.75 Å². The van der Waals surface area contributed by atoms with Crippen LogP contribution in [0.2, 0.25) is 0 Å². The third kappa shape index (κ3) is 5.06. The Morgan fingerprint density at radius 2 is 1.90 bits per heavy atom. The zero-order chi connectivity index (χ0) is 15.4. The highest BCUT2D eigenvalue weighted by molar-refractivity contribution is 7.91. The van der Waals surface area contributed by atoms with E-state index in [1.54, 1.807) is 0 Å². The molecule has 0 aliphatic carbocycles. The fraction of sp³-hybridized carbons (Fsp3) is 0.455. The highest BCUT2D eigenvalue weighted by Crippen LogP contribution is 2.23. The first-order valence-corrected chi connectivity index (χ1v) is 9.18. The molecular weight excluding hydrogens is 309 g/mol. The van der Waals surface area contributed by atoms with Crippen molar-refractivity contribution in [1.29, 1.82) is 0 Å². The summed E-state index contributed by atoms with van der Waals surface area (Å²) < 4.78 is 63.3. The van der Waals surface area contributed by atoms with Crippen LogP contribution < -0.4 is 9.88 Å². The first kappa shape index (κ1) is 16.9. The van der Waals surface area contributed by atoms with Crippen LogP contribution in [-0.2, 0) is 19.9 Å². The van der Waals surface area contributed by atoms with Crippen molar-refractivity contribution in [3.05, 3.63) is 24.0 Å². The minimum absolute atomic E-state index is 0.00657. The molecule has 1 rings (SSSR count). The van der Waals surface area contributed by atoms with Crippen LogP contribution in [0.5, 0.6) is 5.75 Å². The van der Waals surface area contributed by atoms with Gasteiger partial charge < -0.3 is 4.74 Å². The highest BCUT2D eigenvalue weighted by atomic mass is 32.2.